The van der Waals surface area contributed by atoms with Crippen LogP contribution in [0.1, 0.15) is 36.8 Å². The minimum atomic E-state index is -0.714. The number of tetrazole rings is 1. The highest BCUT2D eigenvalue weighted by Gasteiger charge is 2.29. The first-order valence-electron chi connectivity index (χ1n) is 12.8. The number of nitrogens with zero attached hydrogens (tertiary/aromatic N) is 5. The van der Waals surface area contributed by atoms with Gasteiger partial charge in [-0.05, 0) is 89.2 Å². The van der Waals surface area contributed by atoms with E-state index in [-0.39, 0.29) is 30.3 Å². The van der Waals surface area contributed by atoms with Crippen molar-refractivity contribution in [3.8, 4) is 16.8 Å². The Labute approximate surface area is 231 Å². The number of rotatable bonds is 8. The van der Waals surface area contributed by atoms with E-state index in [0.29, 0.717) is 17.1 Å². The number of halogens is 1. The summed E-state index contributed by atoms with van der Waals surface area (Å²) in [6.07, 6.45) is 6.67. The summed E-state index contributed by atoms with van der Waals surface area (Å²) in [5.41, 5.74) is 4.83. The van der Waals surface area contributed by atoms with Crippen LogP contribution in [0.2, 0.25) is 5.02 Å². The molecule has 1 unspecified atom stereocenters. The third-order valence-electron chi connectivity index (χ3n) is 6.94. The van der Waals surface area contributed by atoms with Gasteiger partial charge in [-0.2, -0.15) is 0 Å². The van der Waals surface area contributed by atoms with Gasteiger partial charge < -0.3 is 16.0 Å². The van der Waals surface area contributed by atoms with Crippen LogP contribution in [-0.2, 0) is 16.1 Å². The van der Waals surface area contributed by atoms with Gasteiger partial charge in [0.2, 0.25) is 11.8 Å². The summed E-state index contributed by atoms with van der Waals surface area (Å²) in [7, 11) is 0. The first-order valence-corrected chi connectivity index (χ1v) is 13.2. The maximum absolute atomic E-state index is 13.1. The molecule has 5 rings (SSSR count). The van der Waals surface area contributed by atoms with Crippen molar-refractivity contribution in [2.45, 2.75) is 44.3 Å². The summed E-state index contributed by atoms with van der Waals surface area (Å²) in [6.45, 7) is 2.60. The number of carbonyl (C=O) groups excluding carboxylic acids is 2. The summed E-state index contributed by atoms with van der Waals surface area (Å²) in [4.78, 5) is 30.1. The fourth-order valence-electron chi connectivity index (χ4n) is 4.81. The van der Waals surface area contributed by atoms with E-state index in [1.807, 2.05) is 18.3 Å². The van der Waals surface area contributed by atoms with E-state index in [2.05, 4.69) is 60.7 Å². The molecule has 1 aliphatic heterocycles. The summed E-state index contributed by atoms with van der Waals surface area (Å²) < 4.78 is 1.50. The third kappa shape index (κ3) is 6.47. The van der Waals surface area contributed by atoms with Crippen molar-refractivity contribution in [1.29, 1.82) is 0 Å². The van der Waals surface area contributed by atoms with Gasteiger partial charge in [-0.3, -0.25) is 14.6 Å². The highest BCUT2D eigenvalue weighted by molar-refractivity contribution is 6.30. The second kappa shape index (κ2) is 12.1. The molecule has 1 saturated heterocycles. The Morgan fingerprint density at radius 3 is 2.74 bits per heavy atom. The van der Waals surface area contributed by atoms with Gasteiger partial charge in [-0.25, -0.2) is 4.68 Å². The van der Waals surface area contributed by atoms with Crippen LogP contribution in [0, 0.1) is 0 Å². The van der Waals surface area contributed by atoms with E-state index in [4.69, 9.17) is 11.6 Å². The van der Waals surface area contributed by atoms with Crippen molar-refractivity contribution in [3.05, 3.63) is 89.5 Å². The number of benzene rings is 2. The van der Waals surface area contributed by atoms with Crippen LogP contribution in [0.15, 0.2) is 73.3 Å². The second-order valence-electron chi connectivity index (χ2n) is 9.57. The molecule has 0 aliphatic carbocycles. The van der Waals surface area contributed by atoms with Crippen molar-refractivity contribution >= 4 is 23.4 Å². The maximum Gasteiger partial charge on any atom is 0.242 e. The van der Waals surface area contributed by atoms with E-state index in [1.165, 1.54) is 16.6 Å². The number of pyridine rings is 1. The SMILES string of the molecule is C[C@H](NC(=O)C1C[C@@H](c2ccc(-c3cccnc3)cc2)CCN1)C(=O)NCc1cc(Cl)ccc1-n1cnnn1. The molecule has 3 heterocycles. The number of nitrogens with one attached hydrogen (secondary N) is 3. The summed E-state index contributed by atoms with van der Waals surface area (Å²) in [5.74, 6) is -0.239. The van der Waals surface area contributed by atoms with Crippen LogP contribution in [0.3, 0.4) is 0 Å². The van der Waals surface area contributed by atoms with E-state index >= 15 is 0 Å². The lowest BCUT2D eigenvalue weighted by atomic mass is 9.85. The zero-order chi connectivity index (χ0) is 27.2. The fourth-order valence-corrected chi connectivity index (χ4v) is 5.00. The first kappa shape index (κ1) is 26.5. The predicted molar refractivity (Wildman–Crippen MR) is 147 cm³/mol. The molecule has 200 valence electrons. The number of amides is 2. The summed E-state index contributed by atoms with van der Waals surface area (Å²) in [5, 5.41) is 20.8. The van der Waals surface area contributed by atoms with Crippen LogP contribution in [-0.4, -0.2) is 55.6 Å². The van der Waals surface area contributed by atoms with Crippen molar-refractivity contribution in [2.75, 3.05) is 6.54 Å². The topological polar surface area (TPSA) is 127 Å². The van der Waals surface area contributed by atoms with Crippen LogP contribution in [0.4, 0.5) is 0 Å². The molecule has 3 atom stereocenters. The molecule has 0 saturated carbocycles. The van der Waals surface area contributed by atoms with Gasteiger partial charge >= 0.3 is 0 Å². The average Bonchev–Trinajstić information content (AvgIpc) is 3.51. The zero-order valence-corrected chi connectivity index (χ0v) is 22.2. The lowest BCUT2D eigenvalue weighted by Crippen LogP contribution is -2.53. The molecule has 4 aromatic rings. The molecule has 2 aromatic carbocycles. The quantitative estimate of drug-likeness (QED) is 0.311. The Bertz CT molecular complexity index is 1410. The van der Waals surface area contributed by atoms with Gasteiger partial charge in [0.1, 0.15) is 12.4 Å². The number of aromatic nitrogens is 5. The molecule has 0 spiro atoms. The van der Waals surface area contributed by atoms with E-state index in [0.717, 1.165) is 29.7 Å². The molecule has 1 fully saturated rings. The fraction of sp³-hybridized carbons (Fsp3) is 0.286. The van der Waals surface area contributed by atoms with Crippen molar-refractivity contribution in [3.63, 3.8) is 0 Å². The van der Waals surface area contributed by atoms with Crippen molar-refractivity contribution < 1.29 is 9.59 Å². The minimum absolute atomic E-state index is 0.188. The molecule has 3 N–H and O–H groups in total. The molecule has 1 aliphatic rings. The maximum atomic E-state index is 13.1. The van der Waals surface area contributed by atoms with Crippen LogP contribution in [0.25, 0.3) is 16.8 Å². The Hall–Kier alpha value is -4.15. The Kier molecular flexibility index (Phi) is 8.24. The van der Waals surface area contributed by atoms with Gasteiger partial charge in [-0.1, -0.05) is 41.9 Å². The molecule has 11 heteroatoms. The number of carbonyl (C=O) groups is 2. The molecule has 2 aromatic heterocycles. The molecule has 10 nitrogen and oxygen atoms in total. The van der Waals surface area contributed by atoms with Gasteiger partial charge in [0.05, 0.1) is 11.7 Å². The van der Waals surface area contributed by atoms with Crippen LogP contribution >= 0.6 is 11.6 Å². The Morgan fingerprint density at radius 2 is 2.00 bits per heavy atom. The van der Waals surface area contributed by atoms with Crippen molar-refractivity contribution in [2.24, 2.45) is 0 Å². The van der Waals surface area contributed by atoms with Gasteiger partial charge in [-0.15, -0.1) is 5.10 Å². The van der Waals surface area contributed by atoms with Crippen molar-refractivity contribution in [1.82, 2.24) is 41.1 Å². The molecule has 0 radical (unpaired) electrons. The smallest absolute Gasteiger partial charge is 0.242 e. The monoisotopic (exact) mass is 544 g/mol. The van der Waals surface area contributed by atoms with Gasteiger partial charge in [0.15, 0.2) is 0 Å². The van der Waals surface area contributed by atoms with Gasteiger partial charge in [0, 0.05) is 24.0 Å². The minimum Gasteiger partial charge on any atom is -0.350 e. The second-order valence-corrected chi connectivity index (χ2v) is 10.0. The largest absolute Gasteiger partial charge is 0.350 e. The number of hydrogen-bond donors (Lipinski definition) is 3. The predicted octanol–water partition coefficient (Wildman–Crippen LogP) is 3.03. The average molecular weight is 545 g/mol. The van der Waals surface area contributed by atoms with Crippen LogP contribution < -0.4 is 16.0 Å². The lowest BCUT2D eigenvalue weighted by Gasteiger charge is -2.30. The van der Waals surface area contributed by atoms with E-state index < -0.39 is 6.04 Å². The highest BCUT2D eigenvalue weighted by atomic mass is 35.5. The number of hydrogen-bond acceptors (Lipinski definition) is 7. The summed E-state index contributed by atoms with van der Waals surface area (Å²) >= 11 is 6.16. The standard InChI is InChI=1S/C28H29ClN8O2/c1-18(27(38)32-16-23-13-24(29)8-9-26(23)37-17-33-35-36-37)34-28(39)25-14-21(10-12-31-25)19-4-6-20(7-5-19)22-3-2-11-30-15-22/h2-9,11,13,15,17-18,21,25,31H,10,12,14,16H2,1H3,(H,32,38)(H,34,39)/t18-,21-,25?/m0/s1. The van der Waals surface area contributed by atoms with Crippen LogP contribution in [0.5, 0.6) is 0 Å². The lowest BCUT2D eigenvalue weighted by molar-refractivity contribution is -0.130. The van der Waals surface area contributed by atoms with E-state index in [9.17, 15) is 9.59 Å². The molecular weight excluding hydrogens is 516 g/mol. The Balaban J connectivity index is 1.16. The molecule has 39 heavy (non-hydrogen) atoms. The van der Waals surface area contributed by atoms with Gasteiger partial charge in [0.25, 0.3) is 0 Å². The first-order chi connectivity index (χ1) is 19.0. The molecule has 2 amide bonds. The summed E-state index contributed by atoms with van der Waals surface area (Å²) in [6, 6.07) is 16.6. The Morgan fingerprint density at radius 1 is 1.15 bits per heavy atom. The normalized spacial score (nSPS) is 17.8. The highest BCUT2D eigenvalue weighted by Crippen LogP contribution is 2.30. The number of piperidine rings is 1. The van der Waals surface area contributed by atoms with E-state index in [1.54, 1.807) is 31.3 Å². The zero-order valence-electron chi connectivity index (χ0n) is 21.4. The third-order valence-corrected chi connectivity index (χ3v) is 7.17. The molecule has 0 bridgehead atoms. The molecular formula is C28H29ClN8O2.